The molecular formula is C20H29IN4O2. The topological polar surface area (TPSA) is 55.9 Å². The molecule has 1 aromatic rings. The maximum absolute atomic E-state index is 12.4. The first kappa shape index (κ1) is 20.5. The number of piperazine rings is 1. The van der Waals surface area contributed by atoms with Gasteiger partial charge in [0.25, 0.3) is 0 Å². The van der Waals surface area contributed by atoms with E-state index in [1.165, 1.54) is 9.99 Å². The summed E-state index contributed by atoms with van der Waals surface area (Å²) in [6.07, 6.45) is 3.51. The van der Waals surface area contributed by atoms with Gasteiger partial charge in [0.05, 0.1) is 13.1 Å². The van der Waals surface area contributed by atoms with E-state index in [9.17, 15) is 9.59 Å². The van der Waals surface area contributed by atoms with Crippen molar-refractivity contribution in [3.63, 3.8) is 0 Å². The van der Waals surface area contributed by atoms with Crippen LogP contribution in [0.25, 0.3) is 0 Å². The fourth-order valence-corrected chi connectivity index (χ4v) is 4.35. The smallest absolute Gasteiger partial charge is 0.238 e. The quantitative estimate of drug-likeness (QED) is 0.652. The zero-order chi connectivity index (χ0) is 19.2. The Morgan fingerprint density at radius 3 is 2.22 bits per heavy atom. The van der Waals surface area contributed by atoms with Gasteiger partial charge in [0.15, 0.2) is 0 Å². The third-order valence-corrected chi connectivity index (χ3v) is 6.03. The molecule has 0 unspecified atom stereocenters. The minimum atomic E-state index is 0.0251. The normalized spacial score (nSPS) is 19.1. The van der Waals surface area contributed by atoms with Crippen LogP contribution in [0.4, 0.5) is 5.69 Å². The SMILES string of the molecule is Cc1cc(I)ccc1NC(=O)CN1CCN(CC(=O)N2CCCCC2)CC1. The minimum Gasteiger partial charge on any atom is -0.342 e. The highest BCUT2D eigenvalue weighted by Gasteiger charge is 2.23. The molecule has 0 aromatic heterocycles. The van der Waals surface area contributed by atoms with Crippen LogP contribution in [0.3, 0.4) is 0 Å². The zero-order valence-electron chi connectivity index (χ0n) is 16.0. The van der Waals surface area contributed by atoms with Gasteiger partial charge in [0.1, 0.15) is 0 Å². The summed E-state index contributed by atoms with van der Waals surface area (Å²) in [4.78, 5) is 31.1. The van der Waals surface area contributed by atoms with Gasteiger partial charge >= 0.3 is 0 Å². The Bertz CT molecular complexity index is 668. The summed E-state index contributed by atoms with van der Waals surface area (Å²) in [5, 5.41) is 3.01. The molecule has 0 radical (unpaired) electrons. The molecule has 27 heavy (non-hydrogen) atoms. The van der Waals surface area contributed by atoms with Crippen molar-refractivity contribution in [2.45, 2.75) is 26.2 Å². The molecule has 2 heterocycles. The number of rotatable bonds is 5. The third-order valence-electron chi connectivity index (χ3n) is 5.36. The molecule has 0 bridgehead atoms. The molecule has 1 N–H and O–H groups in total. The van der Waals surface area contributed by atoms with Crippen LogP contribution in [0, 0.1) is 10.5 Å². The molecule has 0 spiro atoms. The number of nitrogens with zero attached hydrogens (tertiary/aromatic N) is 3. The summed E-state index contributed by atoms with van der Waals surface area (Å²) in [5.74, 6) is 0.284. The van der Waals surface area contributed by atoms with Gasteiger partial charge in [-0.1, -0.05) is 0 Å². The van der Waals surface area contributed by atoms with E-state index >= 15 is 0 Å². The predicted octanol–water partition coefficient (Wildman–Crippen LogP) is 2.17. The van der Waals surface area contributed by atoms with E-state index in [2.05, 4.69) is 43.8 Å². The van der Waals surface area contributed by atoms with Crippen molar-refractivity contribution in [1.82, 2.24) is 14.7 Å². The molecule has 2 aliphatic heterocycles. The molecule has 0 aliphatic carbocycles. The summed E-state index contributed by atoms with van der Waals surface area (Å²) in [6.45, 7) is 8.09. The van der Waals surface area contributed by atoms with Gasteiger partial charge in [-0.25, -0.2) is 0 Å². The van der Waals surface area contributed by atoms with E-state index in [4.69, 9.17) is 0 Å². The fraction of sp³-hybridized carbons (Fsp3) is 0.600. The fourth-order valence-electron chi connectivity index (χ4n) is 3.70. The largest absolute Gasteiger partial charge is 0.342 e. The van der Waals surface area contributed by atoms with E-state index in [-0.39, 0.29) is 11.8 Å². The van der Waals surface area contributed by atoms with Crippen LogP contribution in [0.15, 0.2) is 18.2 Å². The summed E-state index contributed by atoms with van der Waals surface area (Å²) in [7, 11) is 0. The first-order chi connectivity index (χ1) is 13.0. The van der Waals surface area contributed by atoms with Crippen molar-refractivity contribution < 1.29 is 9.59 Å². The van der Waals surface area contributed by atoms with Gasteiger partial charge in [0.2, 0.25) is 11.8 Å². The standard InChI is InChI=1S/C20H29IN4O2/c1-16-13-17(21)5-6-18(16)22-19(26)14-23-9-11-24(12-10-23)15-20(27)25-7-3-2-4-8-25/h5-6,13H,2-4,7-12,14-15H2,1H3,(H,22,26). The summed E-state index contributed by atoms with van der Waals surface area (Å²) in [6, 6.07) is 6.02. The molecule has 2 fully saturated rings. The number of benzene rings is 1. The van der Waals surface area contributed by atoms with Gasteiger partial charge < -0.3 is 10.2 Å². The van der Waals surface area contributed by atoms with E-state index < -0.39 is 0 Å². The monoisotopic (exact) mass is 484 g/mol. The Morgan fingerprint density at radius 2 is 1.59 bits per heavy atom. The molecule has 2 amide bonds. The lowest BCUT2D eigenvalue weighted by Gasteiger charge is -2.35. The van der Waals surface area contributed by atoms with Gasteiger partial charge in [-0.2, -0.15) is 0 Å². The predicted molar refractivity (Wildman–Crippen MR) is 116 cm³/mol. The number of nitrogens with one attached hydrogen (secondary N) is 1. The van der Waals surface area contributed by atoms with Crippen LogP contribution in [-0.2, 0) is 9.59 Å². The van der Waals surface area contributed by atoms with Crippen molar-refractivity contribution in [2.75, 3.05) is 57.7 Å². The van der Waals surface area contributed by atoms with Crippen molar-refractivity contribution in [2.24, 2.45) is 0 Å². The lowest BCUT2D eigenvalue weighted by Crippen LogP contribution is -2.51. The highest BCUT2D eigenvalue weighted by molar-refractivity contribution is 14.1. The summed E-state index contributed by atoms with van der Waals surface area (Å²) in [5.41, 5.74) is 1.96. The molecule has 0 saturated carbocycles. The van der Waals surface area contributed by atoms with E-state index in [0.29, 0.717) is 13.1 Å². The molecule has 3 rings (SSSR count). The maximum atomic E-state index is 12.4. The summed E-state index contributed by atoms with van der Waals surface area (Å²) >= 11 is 2.27. The summed E-state index contributed by atoms with van der Waals surface area (Å²) < 4.78 is 1.17. The van der Waals surface area contributed by atoms with Crippen LogP contribution < -0.4 is 5.32 Å². The molecule has 2 aliphatic rings. The van der Waals surface area contributed by atoms with E-state index in [1.807, 2.05) is 24.0 Å². The number of amides is 2. The first-order valence-corrected chi connectivity index (χ1v) is 10.9. The number of likely N-dealkylation sites (tertiary alicyclic amines) is 1. The van der Waals surface area contributed by atoms with Crippen molar-refractivity contribution in [3.05, 3.63) is 27.3 Å². The minimum absolute atomic E-state index is 0.0251. The van der Waals surface area contributed by atoms with Crippen LogP contribution in [-0.4, -0.2) is 78.9 Å². The Morgan fingerprint density at radius 1 is 0.963 bits per heavy atom. The second-order valence-corrected chi connectivity index (χ2v) is 8.75. The third kappa shape index (κ3) is 6.15. The zero-order valence-corrected chi connectivity index (χ0v) is 18.2. The molecule has 2 saturated heterocycles. The average molecular weight is 484 g/mol. The highest BCUT2D eigenvalue weighted by Crippen LogP contribution is 2.17. The van der Waals surface area contributed by atoms with Crippen molar-refractivity contribution in [1.29, 1.82) is 0 Å². The van der Waals surface area contributed by atoms with Crippen molar-refractivity contribution in [3.8, 4) is 0 Å². The van der Waals surface area contributed by atoms with Gasteiger partial charge in [-0.3, -0.25) is 19.4 Å². The van der Waals surface area contributed by atoms with Crippen LogP contribution >= 0.6 is 22.6 Å². The van der Waals surface area contributed by atoms with Crippen LogP contribution in [0.5, 0.6) is 0 Å². The van der Waals surface area contributed by atoms with Gasteiger partial charge in [0, 0.05) is 48.5 Å². The number of carbonyl (C=O) groups is 2. The molecule has 0 atom stereocenters. The lowest BCUT2D eigenvalue weighted by molar-refractivity contribution is -0.134. The van der Waals surface area contributed by atoms with Gasteiger partial charge in [-0.15, -0.1) is 0 Å². The Balaban J connectivity index is 1.39. The lowest BCUT2D eigenvalue weighted by atomic mass is 10.1. The second-order valence-electron chi connectivity index (χ2n) is 7.50. The molecule has 6 nitrogen and oxygen atoms in total. The Kier molecular flexibility index (Phi) is 7.49. The number of hydrogen-bond donors (Lipinski definition) is 1. The number of halogens is 1. The maximum Gasteiger partial charge on any atom is 0.238 e. The second kappa shape index (κ2) is 9.84. The number of anilines is 1. The van der Waals surface area contributed by atoms with Gasteiger partial charge in [-0.05, 0) is 72.5 Å². The Hall–Kier alpha value is -1.19. The van der Waals surface area contributed by atoms with Crippen LogP contribution in [0.1, 0.15) is 24.8 Å². The molecule has 148 valence electrons. The first-order valence-electron chi connectivity index (χ1n) is 9.80. The number of aryl methyl sites for hydroxylation is 1. The molecular weight excluding hydrogens is 455 g/mol. The number of carbonyl (C=O) groups excluding carboxylic acids is 2. The van der Waals surface area contributed by atoms with E-state index in [1.54, 1.807) is 0 Å². The Labute approximate surface area is 175 Å². The highest BCUT2D eigenvalue weighted by atomic mass is 127. The average Bonchev–Trinajstić information content (AvgIpc) is 2.66. The molecule has 7 heteroatoms. The number of piperidine rings is 1. The van der Waals surface area contributed by atoms with E-state index in [0.717, 1.165) is 63.4 Å². The number of hydrogen-bond acceptors (Lipinski definition) is 4. The van der Waals surface area contributed by atoms with Crippen molar-refractivity contribution >= 4 is 40.1 Å². The molecule has 1 aromatic carbocycles. The van der Waals surface area contributed by atoms with Crippen LogP contribution in [0.2, 0.25) is 0 Å².